The first-order chi connectivity index (χ1) is 14.5. The van der Waals surface area contributed by atoms with Gasteiger partial charge in [0.05, 0.1) is 18.3 Å². The number of nitrogens with zero attached hydrogens (tertiary/aromatic N) is 2. The molecule has 4 saturated carbocycles. The number of hydrogen-bond donors (Lipinski definition) is 1. The summed E-state index contributed by atoms with van der Waals surface area (Å²) in [7, 11) is 0. The maximum absolute atomic E-state index is 13.2. The summed E-state index contributed by atoms with van der Waals surface area (Å²) < 4.78 is 5.82. The van der Waals surface area contributed by atoms with Gasteiger partial charge in [0, 0.05) is 31.7 Å². The van der Waals surface area contributed by atoms with Gasteiger partial charge in [-0.05, 0) is 82.3 Å². The van der Waals surface area contributed by atoms with E-state index >= 15 is 0 Å². The number of benzene rings is 1. The van der Waals surface area contributed by atoms with Crippen LogP contribution in [0.5, 0.6) is 5.75 Å². The van der Waals surface area contributed by atoms with Crippen molar-refractivity contribution in [1.29, 1.82) is 0 Å². The molecule has 30 heavy (non-hydrogen) atoms. The van der Waals surface area contributed by atoms with E-state index in [-0.39, 0.29) is 17.5 Å². The van der Waals surface area contributed by atoms with Crippen LogP contribution in [-0.4, -0.2) is 55.2 Å². The zero-order valence-corrected chi connectivity index (χ0v) is 18.6. The molecular formula is C25H37N3O2. The average Bonchev–Trinajstić information content (AvgIpc) is 2.73. The molecule has 5 aliphatic rings. The van der Waals surface area contributed by atoms with Crippen molar-refractivity contribution in [3.63, 3.8) is 0 Å². The lowest BCUT2D eigenvalue weighted by atomic mass is 9.53. The molecule has 1 aliphatic heterocycles. The first-order valence-corrected chi connectivity index (χ1v) is 12.1. The van der Waals surface area contributed by atoms with Crippen molar-refractivity contribution < 1.29 is 9.53 Å². The standard InChI is InChI=1S/C25H37N3O2/c1-3-30-23-7-5-4-6-22(23)28-10-8-27(9-11-28)18(2)24(29)26-25-15-19-12-20(16-25)14-21(13-19)17-25/h4-7,18-21H,3,8-17H2,1-2H3,(H,26,29)/t18-,19?,20?,21?,25?/m1/s1. The van der Waals surface area contributed by atoms with Crippen LogP contribution in [0.4, 0.5) is 5.69 Å². The Morgan fingerprint density at radius 2 is 1.67 bits per heavy atom. The van der Waals surface area contributed by atoms with Gasteiger partial charge in [0.2, 0.25) is 5.91 Å². The number of carbonyl (C=O) groups is 1. The number of para-hydroxylation sites is 2. The van der Waals surface area contributed by atoms with Crippen molar-refractivity contribution in [2.75, 3.05) is 37.7 Å². The minimum atomic E-state index is -0.0534. The molecule has 4 bridgehead atoms. The van der Waals surface area contributed by atoms with E-state index in [1.807, 2.05) is 19.1 Å². The van der Waals surface area contributed by atoms with E-state index in [0.29, 0.717) is 6.61 Å². The monoisotopic (exact) mass is 411 g/mol. The average molecular weight is 412 g/mol. The van der Waals surface area contributed by atoms with Gasteiger partial charge in [0.1, 0.15) is 5.75 Å². The Kier molecular flexibility index (Phi) is 5.42. The van der Waals surface area contributed by atoms with Crippen molar-refractivity contribution in [2.45, 2.75) is 64.0 Å². The molecule has 1 aromatic rings. The van der Waals surface area contributed by atoms with Crippen LogP contribution in [0.2, 0.25) is 0 Å². The Bertz CT molecular complexity index is 736. The van der Waals surface area contributed by atoms with Crippen molar-refractivity contribution in [3.8, 4) is 5.75 Å². The normalized spacial score (nSPS) is 34.1. The van der Waals surface area contributed by atoms with Crippen LogP contribution in [0.3, 0.4) is 0 Å². The second-order valence-corrected chi connectivity index (χ2v) is 10.3. The lowest BCUT2D eigenvalue weighted by molar-refractivity contribution is -0.131. The maximum atomic E-state index is 13.2. The Labute approximate surface area is 181 Å². The van der Waals surface area contributed by atoms with Gasteiger partial charge in [-0.2, -0.15) is 0 Å². The first-order valence-electron chi connectivity index (χ1n) is 12.1. The molecule has 0 aromatic heterocycles. The molecule has 4 aliphatic carbocycles. The number of amides is 1. The Morgan fingerprint density at radius 1 is 1.07 bits per heavy atom. The smallest absolute Gasteiger partial charge is 0.237 e. The van der Waals surface area contributed by atoms with Gasteiger partial charge in [-0.3, -0.25) is 9.69 Å². The molecule has 5 nitrogen and oxygen atoms in total. The third-order valence-corrected chi connectivity index (χ3v) is 8.17. The number of nitrogens with one attached hydrogen (secondary N) is 1. The Morgan fingerprint density at radius 3 is 2.27 bits per heavy atom. The topological polar surface area (TPSA) is 44.8 Å². The van der Waals surface area contributed by atoms with Gasteiger partial charge in [0.25, 0.3) is 0 Å². The van der Waals surface area contributed by atoms with E-state index in [1.165, 1.54) is 44.2 Å². The van der Waals surface area contributed by atoms with E-state index < -0.39 is 0 Å². The molecule has 164 valence electrons. The van der Waals surface area contributed by atoms with Crippen LogP contribution in [0.1, 0.15) is 52.4 Å². The minimum absolute atomic E-state index is 0.0534. The zero-order valence-electron chi connectivity index (χ0n) is 18.6. The molecule has 0 spiro atoms. The van der Waals surface area contributed by atoms with Gasteiger partial charge in [-0.15, -0.1) is 0 Å². The third-order valence-electron chi connectivity index (χ3n) is 8.17. The number of ether oxygens (including phenoxy) is 1. The molecule has 5 fully saturated rings. The fourth-order valence-corrected chi connectivity index (χ4v) is 7.14. The lowest BCUT2D eigenvalue weighted by Crippen LogP contribution is -2.63. The minimum Gasteiger partial charge on any atom is -0.492 e. The Balaban J connectivity index is 1.18. The summed E-state index contributed by atoms with van der Waals surface area (Å²) in [6.45, 7) is 8.49. The predicted molar refractivity (Wildman–Crippen MR) is 120 cm³/mol. The maximum Gasteiger partial charge on any atom is 0.237 e. The van der Waals surface area contributed by atoms with Gasteiger partial charge < -0.3 is 15.0 Å². The Hall–Kier alpha value is -1.75. The molecule has 1 N–H and O–H groups in total. The van der Waals surface area contributed by atoms with Crippen LogP contribution >= 0.6 is 0 Å². The van der Waals surface area contributed by atoms with Crippen molar-refractivity contribution in [2.24, 2.45) is 17.8 Å². The molecule has 5 heteroatoms. The molecule has 1 aromatic carbocycles. The highest BCUT2D eigenvalue weighted by molar-refractivity contribution is 5.82. The molecule has 1 heterocycles. The zero-order chi connectivity index (χ0) is 20.7. The summed E-state index contributed by atoms with van der Waals surface area (Å²) in [4.78, 5) is 18.0. The third kappa shape index (κ3) is 3.81. The number of anilines is 1. The van der Waals surface area contributed by atoms with E-state index in [9.17, 15) is 4.79 Å². The second-order valence-electron chi connectivity index (χ2n) is 10.3. The van der Waals surface area contributed by atoms with Crippen LogP contribution in [0.15, 0.2) is 24.3 Å². The van der Waals surface area contributed by atoms with Crippen molar-refractivity contribution in [1.82, 2.24) is 10.2 Å². The van der Waals surface area contributed by atoms with Gasteiger partial charge in [-0.1, -0.05) is 12.1 Å². The molecule has 1 amide bonds. The van der Waals surface area contributed by atoms with Gasteiger partial charge in [-0.25, -0.2) is 0 Å². The summed E-state index contributed by atoms with van der Waals surface area (Å²) in [5, 5.41) is 3.58. The van der Waals surface area contributed by atoms with Gasteiger partial charge in [0.15, 0.2) is 0 Å². The van der Waals surface area contributed by atoms with E-state index in [1.54, 1.807) is 0 Å². The molecule has 0 unspecified atom stereocenters. The first kappa shape index (κ1) is 20.2. The summed E-state index contributed by atoms with van der Waals surface area (Å²) in [6, 6.07) is 8.24. The summed E-state index contributed by atoms with van der Waals surface area (Å²) >= 11 is 0. The molecule has 0 radical (unpaired) electrons. The molecular weight excluding hydrogens is 374 g/mol. The van der Waals surface area contributed by atoms with Crippen molar-refractivity contribution >= 4 is 11.6 Å². The predicted octanol–water partition coefficient (Wildman–Crippen LogP) is 3.68. The lowest BCUT2D eigenvalue weighted by Gasteiger charge is -2.57. The SMILES string of the molecule is CCOc1ccccc1N1CCN([C@H](C)C(=O)NC23CC4CC(CC(C4)C2)C3)CC1. The number of piperazine rings is 1. The fraction of sp³-hybridized carbons (Fsp3) is 0.720. The van der Waals surface area contributed by atoms with E-state index in [0.717, 1.165) is 49.7 Å². The van der Waals surface area contributed by atoms with Crippen LogP contribution in [-0.2, 0) is 4.79 Å². The van der Waals surface area contributed by atoms with Crippen LogP contribution in [0, 0.1) is 17.8 Å². The highest BCUT2D eigenvalue weighted by atomic mass is 16.5. The molecule has 1 atom stereocenters. The van der Waals surface area contributed by atoms with Crippen LogP contribution in [0.25, 0.3) is 0 Å². The fourth-order valence-electron chi connectivity index (χ4n) is 7.14. The number of hydrogen-bond acceptors (Lipinski definition) is 4. The van der Waals surface area contributed by atoms with Crippen molar-refractivity contribution in [3.05, 3.63) is 24.3 Å². The summed E-state index contributed by atoms with van der Waals surface area (Å²) in [6.07, 6.45) is 7.90. The quantitative estimate of drug-likeness (QED) is 0.776. The molecule has 6 rings (SSSR count). The van der Waals surface area contributed by atoms with E-state index in [4.69, 9.17) is 4.74 Å². The summed E-state index contributed by atoms with van der Waals surface area (Å²) in [5.41, 5.74) is 1.28. The molecule has 1 saturated heterocycles. The van der Waals surface area contributed by atoms with Crippen LogP contribution < -0.4 is 15.0 Å². The highest BCUT2D eigenvalue weighted by Crippen LogP contribution is 2.55. The largest absolute Gasteiger partial charge is 0.492 e. The summed E-state index contributed by atoms with van der Waals surface area (Å²) in [5.74, 6) is 3.80. The number of rotatable bonds is 6. The highest BCUT2D eigenvalue weighted by Gasteiger charge is 2.51. The number of carbonyl (C=O) groups excluding carboxylic acids is 1. The van der Waals surface area contributed by atoms with Gasteiger partial charge >= 0.3 is 0 Å². The van der Waals surface area contributed by atoms with E-state index in [2.05, 4.69) is 34.2 Å². The second kappa shape index (κ2) is 8.07.